The van der Waals surface area contributed by atoms with Gasteiger partial charge in [-0.25, -0.2) is 0 Å². The SMILES string of the molecule is Cc1cc(/C=C/c2ccc(N(C)C)cc2)[n+]2nn(C)nc2n1.O=C([O-])C(F)(F)F. The summed E-state index contributed by atoms with van der Waals surface area (Å²) in [6.45, 7) is 1.96. The van der Waals surface area contributed by atoms with Crippen molar-refractivity contribution in [3.63, 3.8) is 0 Å². The molecule has 0 bridgehead atoms. The second-order valence-electron chi connectivity index (χ2n) is 6.22. The van der Waals surface area contributed by atoms with E-state index in [4.69, 9.17) is 9.90 Å². The third-order valence-electron chi connectivity index (χ3n) is 3.61. The summed E-state index contributed by atoms with van der Waals surface area (Å²) >= 11 is 0. The highest BCUT2D eigenvalue weighted by molar-refractivity contribution is 5.70. The van der Waals surface area contributed by atoms with Crippen LogP contribution >= 0.6 is 0 Å². The van der Waals surface area contributed by atoms with Crippen LogP contribution in [0.25, 0.3) is 17.9 Å². The van der Waals surface area contributed by atoms with Crippen LogP contribution in [0.3, 0.4) is 0 Å². The zero-order valence-corrected chi connectivity index (χ0v) is 16.2. The number of hydrogen-bond donors (Lipinski definition) is 0. The number of carbonyl (C=O) groups is 1. The number of carbonyl (C=O) groups excluding carboxylic acids is 1. The van der Waals surface area contributed by atoms with E-state index in [0.717, 1.165) is 17.0 Å². The lowest BCUT2D eigenvalue weighted by Gasteiger charge is -2.11. The molecule has 0 saturated carbocycles. The molecule has 2 aromatic heterocycles. The van der Waals surface area contributed by atoms with Crippen LogP contribution in [0.5, 0.6) is 0 Å². The third-order valence-corrected chi connectivity index (χ3v) is 3.61. The number of alkyl halides is 3. The lowest BCUT2D eigenvalue weighted by Crippen LogP contribution is -2.37. The number of tetrazole rings is 1. The number of aryl methyl sites for hydroxylation is 2. The molecule has 0 amide bonds. The maximum Gasteiger partial charge on any atom is 0.440 e. The fourth-order valence-corrected chi connectivity index (χ4v) is 2.25. The van der Waals surface area contributed by atoms with Crippen molar-refractivity contribution in [1.29, 1.82) is 0 Å². The van der Waals surface area contributed by atoms with Crippen LogP contribution in [0.15, 0.2) is 30.3 Å². The molecule has 0 aliphatic carbocycles. The summed E-state index contributed by atoms with van der Waals surface area (Å²) in [6.07, 6.45) is -1.10. The Balaban J connectivity index is 0.000000370. The van der Waals surface area contributed by atoms with E-state index in [1.165, 1.54) is 10.5 Å². The van der Waals surface area contributed by atoms with Crippen LogP contribution in [0.2, 0.25) is 0 Å². The molecule has 0 unspecified atom stereocenters. The highest BCUT2D eigenvalue weighted by atomic mass is 19.4. The highest BCUT2D eigenvalue weighted by Crippen LogP contribution is 2.14. The molecule has 11 heteroatoms. The Morgan fingerprint density at radius 3 is 2.31 bits per heavy atom. The lowest BCUT2D eigenvalue weighted by molar-refractivity contribution is -0.588. The maximum atomic E-state index is 10.5. The van der Waals surface area contributed by atoms with Crippen LogP contribution < -0.4 is 14.5 Å². The molecule has 0 aliphatic rings. The molecular formula is C18H19F3N6O2. The highest BCUT2D eigenvalue weighted by Gasteiger charge is 2.28. The zero-order chi connectivity index (χ0) is 21.8. The van der Waals surface area contributed by atoms with Crippen molar-refractivity contribution in [2.75, 3.05) is 19.0 Å². The van der Waals surface area contributed by atoms with Crippen molar-refractivity contribution in [2.45, 2.75) is 13.1 Å². The molecule has 154 valence electrons. The van der Waals surface area contributed by atoms with Gasteiger partial charge in [0.2, 0.25) is 0 Å². The fraction of sp³-hybridized carbons (Fsp3) is 0.278. The van der Waals surface area contributed by atoms with Gasteiger partial charge in [0.1, 0.15) is 24.4 Å². The summed E-state index contributed by atoms with van der Waals surface area (Å²) < 4.78 is 33.3. The van der Waals surface area contributed by atoms with Crippen molar-refractivity contribution in [1.82, 2.24) is 20.1 Å². The summed E-state index contributed by atoms with van der Waals surface area (Å²) in [6, 6.07) is 10.4. The number of halogens is 3. The molecule has 0 radical (unpaired) electrons. The molecule has 0 N–H and O–H groups in total. The lowest BCUT2D eigenvalue weighted by atomic mass is 10.1. The first-order valence-electron chi connectivity index (χ1n) is 8.32. The van der Waals surface area contributed by atoms with Gasteiger partial charge in [0.15, 0.2) is 0 Å². The number of aliphatic carboxylic acids is 1. The molecule has 0 atom stereocenters. The number of hydrogen-bond acceptors (Lipinski definition) is 6. The minimum Gasteiger partial charge on any atom is -0.542 e. The van der Waals surface area contributed by atoms with Crippen molar-refractivity contribution in [3.05, 3.63) is 47.3 Å². The Labute approximate surface area is 164 Å². The topological polar surface area (TPSA) is 91.1 Å². The predicted octanol–water partition coefficient (Wildman–Crippen LogP) is 0.792. The van der Waals surface area contributed by atoms with Crippen LogP contribution in [0.1, 0.15) is 17.0 Å². The quantitative estimate of drug-likeness (QED) is 0.596. The smallest absolute Gasteiger partial charge is 0.440 e. The van der Waals surface area contributed by atoms with Crippen LogP contribution in [0, 0.1) is 6.92 Å². The van der Waals surface area contributed by atoms with E-state index in [-0.39, 0.29) is 0 Å². The predicted molar refractivity (Wildman–Crippen MR) is 97.5 cm³/mol. The Morgan fingerprint density at radius 2 is 1.79 bits per heavy atom. The van der Waals surface area contributed by atoms with Crippen molar-refractivity contribution >= 4 is 29.6 Å². The number of carboxylic acids is 1. The number of fused-ring (bicyclic) bond motifs is 1. The molecule has 8 nitrogen and oxygen atoms in total. The van der Waals surface area contributed by atoms with E-state index in [1.54, 1.807) is 11.6 Å². The van der Waals surface area contributed by atoms with Gasteiger partial charge in [-0.15, -0.1) is 4.98 Å². The summed E-state index contributed by atoms with van der Waals surface area (Å²) in [5.74, 6) is -2.40. The van der Waals surface area contributed by atoms with Crippen LogP contribution in [0.4, 0.5) is 18.9 Å². The van der Waals surface area contributed by atoms with Gasteiger partial charge in [-0.05, 0) is 30.7 Å². The van der Waals surface area contributed by atoms with E-state index in [0.29, 0.717) is 5.78 Å². The zero-order valence-electron chi connectivity index (χ0n) is 16.2. The van der Waals surface area contributed by atoms with E-state index in [9.17, 15) is 13.2 Å². The summed E-state index contributed by atoms with van der Waals surface area (Å²) in [4.78, 5) is 16.8. The second-order valence-corrected chi connectivity index (χ2v) is 6.22. The van der Waals surface area contributed by atoms with E-state index >= 15 is 0 Å². The largest absolute Gasteiger partial charge is 0.542 e. The molecule has 3 rings (SSSR count). The number of rotatable bonds is 3. The molecule has 1 aromatic carbocycles. The molecule has 0 saturated heterocycles. The number of aromatic nitrogens is 5. The molecule has 3 aromatic rings. The van der Waals surface area contributed by atoms with Crippen LogP contribution in [-0.4, -0.2) is 46.3 Å². The summed E-state index contributed by atoms with van der Waals surface area (Å²) in [5, 5.41) is 17.3. The van der Waals surface area contributed by atoms with Gasteiger partial charge in [-0.3, -0.25) is 0 Å². The molecule has 0 spiro atoms. The van der Waals surface area contributed by atoms with Gasteiger partial charge >= 0.3 is 12.0 Å². The molecule has 2 heterocycles. The average molecular weight is 408 g/mol. The molecule has 0 aliphatic heterocycles. The summed E-state index contributed by atoms with van der Waals surface area (Å²) in [5.41, 5.74) is 4.19. The van der Waals surface area contributed by atoms with Gasteiger partial charge in [-0.1, -0.05) is 27.5 Å². The Morgan fingerprint density at radius 1 is 1.21 bits per heavy atom. The van der Waals surface area contributed by atoms with Crippen molar-refractivity contribution in [2.24, 2.45) is 7.05 Å². The third kappa shape index (κ3) is 5.99. The monoisotopic (exact) mass is 408 g/mol. The molecule has 29 heavy (non-hydrogen) atoms. The second kappa shape index (κ2) is 8.67. The first-order chi connectivity index (χ1) is 13.5. The fourth-order valence-electron chi connectivity index (χ4n) is 2.25. The molecule has 0 fully saturated rings. The Kier molecular flexibility index (Phi) is 6.52. The Hall–Kier alpha value is -3.50. The average Bonchev–Trinajstić information content (AvgIpc) is 2.99. The number of anilines is 1. The van der Waals surface area contributed by atoms with E-state index in [2.05, 4.69) is 50.5 Å². The normalized spacial score (nSPS) is 11.4. The maximum absolute atomic E-state index is 10.5. The number of nitrogens with zero attached hydrogens (tertiary/aromatic N) is 6. The van der Waals surface area contributed by atoms with Crippen molar-refractivity contribution in [3.8, 4) is 0 Å². The van der Waals surface area contributed by atoms with Gasteiger partial charge in [-0.2, -0.15) is 13.2 Å². The van der Waals surface area contributed by atoms with Gasteiger partial charge < -0.3 is 14.8 Å². The van der Waals surface area contributed by atoms with Gasteiger partial charge in [0, 0.05) is 31.1 Å². The van der Waals surface area contributed by atoms with Crippen molar-refractivity contribution < 1.29 is 27.6 Å². The van der Waals surface area contributed by atoms with Gasteiger partial charge in [0.05, 0.1) is 5.10 Å². The Bertz CT molecular complexity index is 1030. The summed E-state index contributed by atoms with van der Waals surface area (Å²) in [7, 11) is 5.86. The van der Waals surface area contributed by atoms with E-state index in [1.807, 2.05) is 33.2 Å². The van der Waals surface area contributed by atoms with Crippen LogP contribution in [-0.2, 0) is 11.8 Å². The number of benzene rings is 1. The number of carboxylic acid groups (broad SMARTS) is 1. The minimum atomic E-state index is -5.19. The van der Waals surface area contributed by atoms with E-state index < -0.39 is 12.1 Å². The van der Waals surface area contributed by atoms with Gasteiger partial charge in [0.25, 0.3) is 0 Å². The molecular weight excluding hydrogens is 389 g/mol. The first-order valence-corrected chi connectivity index (χ1v) is 8.32. The first kappa shape index (κ1) is 21.8. The standard InChI is InChI=1S/C16H19N6.C2HF3O2/c1-12-11-15(22-16(17-12)18-21(4)19-22)10-7-13-5-8-14(9-6-13)20(2)3;3-2(4,5)1(6)7/h5-11H,1-4H3;(H,6,7)/q+1;/p-1/b10-7+;. The minimum absolute atomic E-state index is 0.602.